The molecule has 3 N–H and O–H groups in total. The molecule has 0 fully saturated rings. The highest BCUT2D eigenvalue weighted by Crippen LogP contribution is 2.16. The van der Waals surface area contributed by atoms with Crippen molar-refractivity contribution < 1.29 is 9.32 Å². The van der Waals surface area contributed by atoms with Crippen LogP contribution in [0.15, 0.2) is 33.8 Å². The Morgan fingerprint density at radius 1 is 1.18 bits per heavy atom. The molecule has 0 aliphatic rings. The third-order valence-corrected chi connectivity index (χ3v) is 4.47. The van der Waals surface area contributed by atoms with Crippen LogP contribution >= 0.6 is 0 Å². The summed E-state index contributed by atoms with van der Waals surface area (Å²) in [5, 5.41) is 13.4. The molecule has 152 valence electrons. The van der Waals surface area contributed by atoms with E-state index in [-0.39, 0.29) is 5.91 Å². The van der Waals surface area contributed by atoms with Crippen molar-refractivity contribution in [3.63, 3.8) is 0 Å². The Kier molecular flexibility index (Phi) is 8.52. The van der Waals surface area contributed by atoms with E-state index in [2.05, 4.69) is 35.0 Å². The highest BCUT2D eigenvalue weighted by Gasteiger charge is 2.13. The van der Waals surface area contributed by atoms with Gasteiger partial charge in [0.15, 0.2) is 5.96 Å². The van der Waals surface area contributed by atoms with Crippen LogP contribution in [0.25, 0.3) is 0 Å². The van der Waals surface area contributed by atoms with Gasteiger partial charge in [-0.2, -0.15) is 0 Å². The van der Waals surface area contributed by atoms with Crippen molar-refractivity contribution in [2.24, 2.45) is 4.99 Å². The normalized spacial score (nSPS) is 11.4. The Morgan fingerprint density at radius 3 is 2.68 bits per heavy atom. The average Bonchev–Trinajstić information content (AvgIpc) is 3.13. The van der Waals surface area contributed by atoms with Crippen LogP contribution < -0.4 is 16.0 Å². The summed E-state index contributed by atoms with van der Waals surface area (Å²) in [6.45, 7) is 8.21. The number of hydrogen-bond donors (Lipinski definition) is 3. The van der Waals surface area contributed by atoms with Gasteiger partial charge in [0.1, 0.15) is 5.76 Å². The van der Waals surface area contributed by atoms with E-state index in [1.807, 2.05) is 31.2 Å². The summed E-state index contributed by atoms with van der Waals surface area (Å²) in [6.07, 6.45) is 2.44. The number of nitrogens with zero attached hydrogens (tertiary/aromatic N) is 2. The molecule has 0 atom stereocenters. The predicted octanol–water partition coefficient (Wildman–Crippen LogP) is 2.46. The molecule has 7 nitrogen and oxygen atoms in total. The molecule has 0 bridgehead atoms. The van der Waals surface area contributed by atoms with Gasteiger partial charge < -0.3 is 20.5 Å². The first-order valence-corrected chi connectivity index (χ1v) is 9.92. The van der Waals surface area contributed by atoms with Gasteiger partial charge in [-0.1, -0.05) is 31.1 Å². The zero-order chi connectivity index (χ0) is 20.4. The number of guanidine groups is 1. The Morgan fingerprint density at radius 2 is 2.00 bits per heavy atom. The van der Waals surface area contributed by atoms with Crippen molar-refractivity contribution in [2.75, 3.05) is 20.1 Å². The lowest BCUT2D eigenvalue weighted by atomic mass is 10.1. The van der Waals surface area contributed by atoms with E-state index in [9.17, 15) is 4.79 Å². The quantitative estimate of drug-likeness (QED) is 0.456. The lowest BCUT2D eigenvalue weighted by molar-refractivity contribution is 0.0963. The summed E-state index contributed by atoms with van der Waals surface area (Å²) in [4.78, 5) is 16.5. The standard InChI is InChI=1S/C21H31N5O2/c1-5-18-17(19(6-2)28-26-18)14-25-21(23-7-3)24-12-11-15-9-8-10-16(13-15)20(27)22-4/h8-10,13H,5-7,11-12,14H2,1-4H3,(H,22,27)(H2,23,24,25). The number of aromatic nitrogens is 1. The van der Waals surface area contributed by atoms with E-state index in [0.29, 0.717) is 18.7 Å². The van der Waals surface area contributed by atoms with Gasteiger partial charge >= 0.3 is 0 Å². The van der Waals surface area contributed by atoms with Crippen LogP contribution in [0.4, 0.5) is 0 Å². The average molecular weight is 386 g/mol. The minimum absolute atomic E-state index is 0.0723. The molecule has 28 heavy (non-hydrogen) atoms. The summed E-state index contributed by atoms with van der Waals surface area (Å²) in [5.41, 5.74) is 3.83. The molecule has 1 amide bonds. The van der Waals surface area contributed by atoms with Gasteiger partial charge in [0, 0.05) is 37.7 Å². The van der Waals surface area contributed by atoms with Gasteiger partial charge in [0.25, 0.3) is 5.91 Å². The Bertz CT molecular complexity index is 776. The molecule has 1 aromatic carbocycles. The van der Waals surface area contributed by atoms with Crippen LogP contribution in [0.2, 0.25) is 0 Å². The second kappa shape index (κ2) is 11.1. The maximum atomic E-state index is 11.8. The van der Waals surface area contributed by atoms with E-state index in [1.165, 1.54) is 0 Å². The van der Waals surface area contributed by atoms with E-state index >= 15 is 0 Å². The molecule has 0 aliphatic heterocycles. The molecule has 0 saturated carbocycles. The number of amides is 1. The van der Waals surface area contributed by atoms with Crippen LogP contribution in [0.3, 0.4) is 0 Å². The molecule has 0 spiro atoms. The number of carbonyl (C=O) groups excluding carboxylic acids is 1. The molecule has 2 aromatic rings. The van der Waals surface area contributed by atoms with Crippen molar-refractivity contribution in [2.45, 2.75) is 46.6 Å². The smallest absolute Gasteiger partial charge is 0.251 e. The number of aliphatic imine (C=N–C) groups is 1. The highest BCUT2D eigenvalue weighted by molar-refractivity contribution is 5.94. The first-order valence-electron chi connectivity index (χ1n) is 9.92. The highest BCUT2D eigenvalue weighted by atomic mass is 16.5. The van der Waals surface area contributed by atoms with E-state index in [1.54, 1.807) is 7.05 Å². The Labute approximate surface area is 167 Å². The second-order valence-electron chi connectivity index (χ2n) is 6.39. The maximum absolute atomic E-state index is 11.8. The van der Waals surface area contributed by atoms with Crippen LogP contribution in [0.1, 0.15) is 53.7 Å². The number of hydrogen-bond acceptors (Lipinski definition) is 4. The molecule has 0 saturated heterocycles. The molecule has 0 unspecified atom stereocenters. The topological polar surface area (TPSA) is 91.6 Å². The number of carbonyl (C=O) groups is 1. The molecule has 2 rings (SSSR count). The summed E-state index contributed by atoms with van der Waals surface area (Å²) in [5.74, 6) is 1.59. The molecule has 7 heteroatoms. The first kappa shape index (κ1) is 21.5. The van der Waals surface area contributed by atoms with E-state index < -0.39 is 0 Å². The van der Waals surface area contributed by atoms with Crippen molar-refractivity contribution in [1.29, 1.82) is 0 Å². The Hall–Kier alpha value is -2.83. The van der Waals surface area contributed by atoms with Gasteiger partial charge in [0.05, 0.1) is 12.2 Å². The number of benzene rings is 1. The summed E-state index contributed by atoms with van der Waals surface area (Å²) in [6, 6.07) is 7.67. The van der Waals surface area contributed by atoms with Gasteiger partial charge in [0.2, 0.25) is 0 Å². The van der Waals surface area contributed by atoms with Crippen molar-refractivity contribution >= 4 is 11.9 Å². The fraction of sp³-hybridized carbons (Fsp3) is 0.476. The van der Waals surface area contributed by atoms with E-state index in [0.717, 1.165) is 54.3 Å². The fourth-order valence-corrected chi connectivity index (χ4v) is 2.95. The number of aryl methyl sites for hydroxylation is 2. The lowest BCUT2D eigenvalue weighted by Crippen LogP contribution is -2.38. The molecule has 0 radical (unpaired) electrons. The lowest BCUT2D eigenvalue weighted by Gasteiger charge is -2.12. The third kappa shape index (κ3) is 5.84. The van der Waals surface area contributed by atoms with Crippen molar-refractivity contribution in [3.05, 3.63) is 52.4 Å². The first-order chi connectivity index (χ1) is 13.6. The third-order valence-electron chi connectivity index (χ3n) is 4.47. The number of nitrogens with one attached hydrogen (secondary N) is 3. The van der Waals surface area contributed by atoms with Crippen LogP contribution in [-0.2, 0) is 25.8 Å². The van der Waals surface area contributed by atoms with Crippen molar-refractivity contribution in [1.82, 2.24) is 21.1 Å². The molecule has 1 heterocycles. The maximum Gasteiger partial charge on any atom is 0.251 e. The summed E-state index contributed by atoms with van der Waals surface area (Å²) in [7, 11) is 1.64. The largest absolute Gasteiger partial charge is 0.361 e. The zero-order valence-electron chi connectivity index (χ0n) is 17.3. The zero-order valence-corrected chi connectivity index (χ0v) is 17.3. The molecule has 0 aliphatic carbocycles. The fourth-order valence-electron chi connectivity index (χ4n) is 2.95. The SMILES string of the molecule is CCNC(=NCc1c(CC)noc1CC)NCCc1cccc(C(=O)NC)c1. The minimum atomic E-state index is -0.0723. The van der Waals surface area contributed by atoms with Crippen LogP contribution in [0, 0.1) is 0 Å². The molecule has 1 aromatic heterocycles. The van der Waals surface area contributed by atoms with Gasteiger partial charge in [-0.15, -0.1) is 0 Å². The van der Waals surface area contributed by atoms with Gasteiger partial charge in [-0.05, 0) is 37.5 Å². The Balaban J connectivity index is 1.99. The predicted molar refractivity (Wildman–Crippen MR) is 112 cm³/mol. The van der Waals surface area contributed by atoms with Gasteiger partial charge in [-0.3, -0.25) is 4.79 Å². The minimum Gasteiger partial charge on any atom is -0.361 e. The number of rotatable bonds is 9. The molecular weight excluding hydrogens is 354 g/mol. The monoisotopic (exact) mass is 385 g/mol. The summed E-state index contributed by atoms with van der Waals surface area (Å²) >= 11 is 0. The second-order valence-corrected chi connectivity index (χ2v) is 6.39. The summed E-state index contributed by atoms with van der Waals surface area (Å²) < 4.78 is 5.41. The van der Waals surface area contributed by atoms with Crippen LogP contribution in [0.5, 0.6) is 0 Å². The van der Waals surface area contributed by atoms with Crippen molar-refractivity contribution in [3.8, 4) is 0 Å². The van der Waals surface area contributed by atoms with Crippen LogP contribution in [-0.4, -0.2) is 37.2 Å². The molecular formula is C21H31N5O2. The van der Waals surface area contributed by atoms with E-state index in [4.69, 9.17) is 9.52 Å². The van der Waals surface area contributed by atoms with Gasteiger partial charge in [-0.25, -0.2) is 4.99 Å².